The standard InChI is InChI=1S/C18H24N2/c1-13(2)15-6-8-16(9-7-15)18(19-4)11-17-10-5-14(3)12-20-17/h5-10,12-13,18-19H,11H2,1-4H3. The van der Waals surface area contributed by atoms with E-state index in [1.807, 2.05) is 13.2 Å². The van der Waals surface area contributed by atoms with Gasteiger partial charge in [0.2, 0.25) is 0 Å². The highest BCUT2D eigenvalue weighted by atomic mass is 14.9. The first-order valence-electron chi connectivity index (χ1n) is 7.29. The summed E-state index contributed by atoms with van der Waals surface area (Å²) in [7, 11) is 2.01. The zero-order valence-electron chi connectivity index (χ0n) is 12.9. The second kappa shape index (κ2) is 6.67. The Morgan fingerprint density at radius 3 is 2.15 bits per heavy atom. The summed E-state index contributed by atoms with van der Waals surface area (Å²) >= 11 is 0. The molecule has 0 radical (unpaired) electrons. The number of rotatable bonds is 5. The van der Waals surface area contributed by atoms with Crippen LogP contribution in [0.1, 0.15) is 48.2 Å². The normalized spacial score (nSPS) is 12.7. The molecule has 1 heterocycles. The van der Waals surface area contributed by atoms with Crippen molar-refractivity contribution in [2.45, 2.75) is 39.2 Å². The minimum Gasteiger partial charge on any atom is -0.313 e. The largest absolute Gasteiger partial charge is 0.313 e. The predicted molar refractivity (Wildman–Crippen MR) is 85.0 cm³/mol. The van der Waals surface area contributed by atoms with Crippen molar-refractivity contribution in [3.63, 3.8) is 0 Å². The Bertz CT molecular complexity index is 526. The average Bonchev–Trinajstić information content (AvgIpc) is 2.47. The molecule has 2 nitrogen and oxygen atoms in total. The van der Waals surface area contributed by atoms with Crippen LogP contribution < -0.4 is 5.32 Å². The molecular formula is C18H24N2. The van der Waals surface area contributed by atoms with Crippen LogP contribution in [0.25, 0.3) is 0 Å². The van der Waals surface area contributed by atoms with Gasteiger partial charge in [-0.1, -0.05) is 44.2 Å². The van der Waals surface area contributed by atoms with Crippen LogP contribution >= 0.6 is 0 Å². The average molecular weight is 268 g/mol. The van der Waals surface area contributed by atoms with E-state index in [4.69, 9.17) is 0 Å². The summed E-state index contributed by atoms with van der Waals surface area (Å²) in [6, 6.07) is 13.5. The zero-order valence-corrected chi connectivity index (χ0v) is 12.9. The molecule has 1 N–H and O–H groups in total. The number of aryl methyl sites for hydroxylation is 1. The predicted octanol–water partition coefficient (Wildman–Crippen LogP) is 4.02. The highest BCUT2D eigenvalue weighted by molar-refractivity contribution is 5.28. The van der Waals surface area contributed by atoms with Gasteiger partial charge in [0.05, 0.1) is 0 Å². The monoisotopic (exact) mass is 268 g/mol. The van der Waals surface area contributed by atoms with Gasteiger partial charge in [-0.2, -0.15) is 0 Å². The Labute approximate surface area is 122 Å². The minimum absolute atomic E-state index is 0.311. The van der Waals surface area contributed by atoms with E-state index in [0.29, 0.717) is 12.0 Å². The Kier molecular flexibility index (Phi) is 4.91. The smallest absolute Gasteiger partial charge is 0.0422 e. The van der Waals surface area contributed by atoms with Crippen LogP contribution in [0.3, 0.4) is 0 Å². The van der Waals surface area contributed by atoms with Crippen LogP contribution in [0, 0.1) is 6.92 Å². The van der Waals surface area contributed by atoms with Crippen molar-refractivity contribution in [2.75, 3.05) is 7.05 Å². The van der Waals surface area contributed by atoms with Gasteiger partial charge >= 0.3 is 0 Å². The molecule has 2 heteroatoms. The lowest BCUT2D eigenvalue weighted by molar-refractivity contribution is 0.584. The number of nitrogens with zero attached hydrogens (tertiary/aromatic N) is 1. The van der Waals surface area contributed by atoms with Crippen molar-refractivity contribution in [1.82, 2.24) is 10.3 Å². The quantitative estimate of drug-likeness (QED) is 0.886. The molecule has 0 bridgehead atoms. The maximum Gasteiger partial charge on any atom is 0.0422 e. The lowest BCUT2D eigenvalue weighted by atomic mass is 9.97. The van der Waals surface area contributed by atoms with Crippen molar-refractivity contribution in [2.24, 2.45) is 0 Å². The van der Waals surface area contributed by atoms with Crippen molar-refractivity contribution in [3.8, 4) is 0 Å². The Balaban J connectivity index is 2.13. The number of nitrogens with one attached hydrogen (secondary N) is 1. The van der Waals surface area contributed by atoms with Crippen LogP contribution in [0.15, 0.2) is 42.6 Å². The van der Waals surface area contributed by atoms with E-state index in [1.54, 1.807) is 0 Å². The van der Waals surface area contributed by atoms with E-state index >= 15 is 0 Å². The van der Waals surface area contributed by atoms with Crippen LogP contribution in [-0.4, -0.2) is 12.0 Å². The summed E-state index contributed by atoms with van der Waals surface area (Å²) in [5.41, 5.74) is 5.04. The molecule has 0 aliphatic rings. The minimum atomic E-state index is 0.311. The van der Waals surface area contributed by atoms with Crippen molar-refractivity contribution in [1.29, 1.82) is 0 Å². The van der Waals surface area contributed by atoms with Gasteiger partial charge in [0.15, 0.2) is 0 Å². The van der Waals surface area contributed by atoms with E-state index in [-0.39, 0.29) is 0 Å². The molecule has 1 aromatic carbocycles. The number of likely N-dealkylation sites (N-methyl/N-ethyl adjacent to an activating group) is 1. The van der Waals surface area contributed by atoms with Crippen LogP contribution in [0.2, 0.25) is 0 Å². The van der Waals surface area contributed by atoms with Gasteiger partial charge in [0, 0.05) is 24.4 Å². The van der Waals surface area contributed by atoms with Crippen molar-refractivity contribution < 1.29 is 0 Å². The van der Waals surface area contributed by atoms with Gasteiger partial charge in [-0.15, -0.1) is 0 Å². The van der Waals surface area contributed by atoms with Crippen molar-refractivity contribution in [3.05, 3.63) is 65.0 Å². The number of hydrogen-bond donors (Lipinski definition) is 1. The maximum atomic E-state index is 4.50. The van der Waals surface area contributed by atoms with Gasteiger partial charge in [-0.05, 0) is 42.6 Å². The molecule has 0 fully saturated rings. The molecule has 20 heavy (non-hydrogen) atoms. The van der Waals surface area contributed by atoms with Crippen LogP contribution in [0.4, 0.5) is 0 Å². The SMILES string of the molecule is CNC(Cc1ccc(C)cn1)c1ccc(C(C)C)cc1. The van der Waals surface area contributed by atoms with E-state index in [1.165, 1.54) is 16.7 Å². The number of hydrogen-bond acceptors (Lipinski definition) is 2. The molecule has 2 aromatic rings. The summed E-state index contributed by atoms with van der Waals surface area (Å²) in [6.45, 7) is 6.51. The lowest BCUT2D eigenvalue weighted by Crippen LogP contribution is -2.19. The third-order valence-electron chi connectivity index (χ3n) is 3.74. The van der Waals surface area contributed by atoms with Crippen molar-refractivity contribution >= 4 is 0 Å². The fraction of sp³-hybridized carbons (Fsp3) is 0.389. The first-order chi connectivity index (χ1) is 9.60. The summed E-state index contributed by atoms with van der Waals surface area (Å²) in [4.78, 5) is 4.50. The molecule has 0 saturated carbocycles. The molecule has 0 amide bonds. The maximum absolute atomic E-state index is 4.50. The molecule has 1 atom stereocenters. The summed E-state index contributed by atoms with van der Waals surface area (Å²) in [5, 5.41) is 3.39. The molecule has 0 aliphatic heterocycles. The van der Waals surface area contributed by atoms with E-state index in [9.17, 15) is 0 Å². The fourth-order valence-corrected chi connectivity index (χ4v) is 2.33. The van der Waals surface area contributed by atoms with Gasteiger partial charge in [0.25, 0.3) is 0 Å². The summed E-state index contributed by atoms with van der Waals surface area (Å²) in [6.07, 6.45) is 2.85. The molecule has 106 valence electrons. The van der Waals surface area contributed by atoms with Gasteiger partial charge in [-0.3, -0.25) is 4.98 Å². The number of aromatic nitrogens is 1. The Morgan fingerprint density at radius 1 is 1.00 bits per heavy atom. The highest BCUT2D eigenvalue weighted by Crippen LogP contribution is 2.21. The van der Waals surface area contributed by atoms with Crippen LogP contribution in [0.5, 0.6) is 0 Å². The summed E-state index contributed by atoms with van der Waals surface area (Å²) < 4.78 is 0. The first-order valence-corrected chi connectivity index (χ1v) is 7.29. The zero-order chi connectivity index (χ0) is 14.5. The first kappa shape index (κ1) is 14.7. The lowest BCUT2D eigenvalue weighted by Gasteiger charge is -2.17. The second-order valence-electron chi connectivity index (χ2n) is 5.69. The molecule has 0 aliphatic carbocycles. The highest BCUT2D eigenvalue weighted by Gasteiger charge is 2.11. The Hall–Kier alpha value is -1.67. The molecule has 1 unspecified atom stereocenters. The van der Waals surface area contributed by atoms with E-state index in [2.05, 4.69) is 67.5 Å². The Morgan fingerprint density at radius 2 is 1.65 bits per heavy atom. The molecule has 2 rings (SSSR count). The summed E-state index contributed by atoms with van der Waals surface area (Å²) in [5.74, 6) is 0.579. The van der Waals surface area contributed by atoms with Gasteiger partial charge in [0.1, 0.15) is 0 Å². The molecule has 0 spiro atoms. The van der Waals surface area contributed by atoms with E-state index in [0.717, 1.165) is 12.1 Å². The van der Waals surface area contributed by atoms with Gasteiger partial charge in [-0.25, -0.2) is 0 Å². The fourth-order valence-electron chi connectivity index (χ4n) is 2.33. The number of benzene rings is 1. The topological polar surface area (TPSA) is 24.9 Å². The molecular weight excluding hydrogens is 244 g/mol. The van der Waals surface area contributed by atoms with Gasteiger partial charge < -0.3 is 5.32 Å². The third-order valence-corrected chi connectivity index (χ3v) is 3.74. The molecule has 0 saturated heterocycles. The second-order valence-corrected chi connectivity index (χ2v) is 5.69. The number of pyridine rings is 1. The van der Waals surface area contributed by atoms with Crippen LogP contribution in [-0.2, 0) is 6.42 Å². The third kappa shape index (κ3) is 3.67. The molecule has 1 aromatic heterocycles. The van der Waals surface area contributed by atoms with E-state index < -0.39 is 0 Å².